The quantitative estimate of drug-likeness (QED) is 0.455. The topological polar surface area (TPSA) is 72.5 Å². The largest absolute Gasteiger partial charge is 0.452 e. The van der Waals surface area contributed by atoms with E-state index in [9.17, 15) is 14.4 Å². The lowest BCUT2D eigenvalue weighted by atomic mass is 9.98. The molecular formula is C22H16BrNO4. The summed E-state index contributed by atoms with van der Waals surface area (Å²) < 4.78 is 5.99. The molecule has 0 radical (unpaired) electrons. The van der Waals surface area contributed by atoms with Gasteiger partial charge < -0.3 is 10.1 Å². The number of ether oxygens (including phenoxy) is 1. The molecule has 6 heteroatoms. The molecule has 140 valence electrons. The lowest BCUT2D eigenvalue weighted by molar-refractivity contribution is -0.119. The molecule has 0 saturated heterocycles. The Kier molecular flexibility index (Phi) is 6.34. The number of esters is 1. The molecule has 0 atom stereocenters. The lowest BCUT2D eigenvalue weighted by Gasteiger charge is -2.10. The van der Waals surface area contributed by atoms with Crippen molar-refractivity contribution >= 4 is 39.3 Å². The molecule has 0 bridgehead atoms. The Morgan fingerprint density at radius 2 is 1.39 bits per heavy atom. The van der Waals surface area contributed by atoms with Crippen LogP contribution in [0.2, 0.25) is 0 Å². The van der Waals surface area contributed by atoms with Gasteiger partial charge in [0, 0.05) is 21.3 Å². The molecular weight excluding hydrogens is 422 g/mol. The van der Waals surface area contributed by atoms with Gasteiger partial charge in [0.15, 0.2) is 12.4 Å². The zero-order valence-electron chi connectivity index (χ0n) is 14.7. The van der Waals surface area contributed by atoms with Gasteiger partial charge in [0.2, 0.25) is 0 Å². The van der Waals surface area contributed by atoms with Crippen LogP contribution in [0.4, 0.5) is 5.69 Å². The van der Waals surface area contributed by atoms with E-state index in [1.165, 1.54) is 6.07 Å². The third kappa shape index (κ3) is 4.92. The summed E-state index contributed by atoms with van der Waals surface area (Å²) in [4.78, 5) is 37.1. The predicted molar refractivity (Wildman–Crippen MR) is 109 cm³/mol. The van der Waals surface area contributed by atoms with Crippen LogP contribution in [-0.2, 0) is 9.53 Å². The van der Waals surface area contributed by atoms with Crippen molar-refractivity contribution in [3.63, 3.8) is 0 Å². The van der Waals surface area contributed by atoms with E-state index < -0.39 is 18.5 Å². The number of carbonyl (C=O) groups is 3. The zero-order chi connectivity index (χ0) is 19.9. The second kappa shape index (κ2) is 9.10. The van der Waals surface area contributed by atoms with E-state index in [4.69, 9.17) is 4.74 Å². The average molecular weight is 438 g/mol. The molecule has 0 aliphatic carbocycles. The number of ketones is 1. The van der Waals surface area contributed by atoms with Crippen LogP contribution in [-0.4, -0.2) is 24.3 Å². The Balaban J connectivity index is 1.67. The maximum Gasteiger partial charge on any atom is 0.339 e. The molecule has 0 aliphatic rings. The maximum absolute atomic E-state index is 12.7. The monoisotopic (exact) mass is 437 g/mol. The summed E-state index contributed by atoms with van der Waals surface area (Å²) in [5.41, 5.74) is 1.40. The number of hydrogen-bond acceptors (Lipinski definition) is 4. The number of carbonyl (C=O) groups excluding carboxylic acids is 3. The van der Waals surface area contributed by atoms with Crippen LogP contribution in [0, 0.1) is 0 Å². The first-order valence-corrected chi connectivity index (χ1v) is 9.25. The SMILES string of the molecule is O=C(COC(=O)c1ccccc1C(=O)c1ccccc1)Nc1ccc(Br)cc1. The molecule has 0 fully saturated rings. The van der Waals surface area contributed by atoms with Crippen LogP contribution < -0.4 is 5.32 Å². The molecule has 3 aromatic rings. The third-order valence-electron chi connectivity index (χ3n) is 3.89. The number of amides is 1. The standard InChI is InChI=1S/C22H16BrNO4/c23-16-10-12-17(13-11-16)24-20(25)14-28-22(27)19-9-5-4-8-18(19)21(26)15-6-2-1-3-7-15/h1-13H,14H2,(H,24,25). The summed E-state index contributed by atoms with van der Waals surface area (Å²) in [6, 6.07) is 22.1. The van der Waals surface area contributed by atoms with E-state index in [1.54, 1.807) is 72.8 Å². The Morgan fingerprint density at radius 3 is 2.07 bits per heavy atom. The van der Waals surface area contributed by atoms with E-state index in [2.05, 4.69) is 21.2 Å². The molecule has 1 N–H and O–H groups in total. The van der Waals surface area contributed by atoms with Crippen molar-refractivity contribution in [2.45, 2.75) is 0 Å². The van der Waals surface area contributed by atoms with Gasteiger partial charge in [0.05, 0.1) is 5.56 Å². The van der Waals surface area contributed by atoms with Crippen LogP contribution in [0.3, 0.4) is 0 Å². The molecule has 0 aromatic heterocycles. The minimum absolute atomic E-state index is 0.118. The first-order valence-electron chi connectivity index (χ1n) is 8.46. The number of rotatable bonds is 6. The van der Waals surface area contributed by atoms with Crippen LogP contribution >= 0.6 is 15.9 Å². The first-order chi connectivity index (χ1) is 13.5. The third-order valence-corrected chi connectivity index (χ3v) is 4.42. The summed E-state index contributed by atoms with van der Waals surface area (Å²) in [6.07, 6.45) is 0. The summed E-state index contributed by atoms with van der Waals surface area (Å²) in [5.74, 6) is -1.49. The van der Waals surface area contributed by atoms with Crippen molar-refractivity contribution in [2.24, 2.45) is 0 Å². The van der Waals surface area contributed by atoms with Crippen molar-refractivity contribution in [1.29, 1.82) is 0 Å². The van der Waals surface area contributed by atoms with Crippen molar-refractivity contribution in [3.05, 3.63) is 100 Å². The molecule has 0 heterocycles. The molecule has 28 heavy (non-hydrogen) atoms. The van der Waals surface area contributed by atoms with Crippen LogP contribution in [0.25, 0.3) is 0 Å². The first kappa shape index (κ1) is 19.5. The molecule has 0 aliphatic heterocycles. The fourth-order valence-electron chi connectivity index (χ4n) is 2.54. The molecule has 0 saturated carbocycles. The van der Waals surface area contributed by atoms with Gasteiger partial charge in [0.25, 0.3) is 5.91 Å². The van der Waals surface area contributed by atoms with Crippen molar-refractivity contribution in [3.8, 4) is 0 Å². The average Bonchev–Trinajstić information content (AvgIpc) is 2.74. The van der Waals surface area contributed by atoms with Gasteiger partial charge in [-0.15, -0.1) is 0 Å². The smallest absolute Gasteiger partial charge is 0.339 e. The summed E-state index contributed by atoms with van der Waals surface area (Å²) in [5, 5.41) is 2.64. The summed E-state index contributed by atoms with van der Waals surface area (Å²) in [7, 11) is 0. The van der Waals surface area contributed by atoms with E-state index in [1.807, 2.05) is 0 Å². The number of benzene rings is 3. The molecule has 3 aromatic carbocycles. The maximum atomic E-state index is 12.7. The van der Waals surface area contributed by atoms with E-state index in [-0.39, 0.29) is 16.9 Å². The fourth-order valence-corrected chi connectivity index (χ4v) is 2.81. The van der Waals surface area contributed by atoms with Gasteiger partial charge in [-0.05, 0) is 30.3 Å². The summed E-state index contributed by atoms with van der Waals surface area (Å²) in [6.45, 7) is -0.456. The highest BCUT2D eigenvalue weighted by molar-refractivity contribution is 9.10. The summed E-state index contributed by atoms with van der Waals surface area (Å²) >= 11 is 3.31. The molecule has 0 spiro atoms. The van der Waals surface area contributed by atoms with E-state index >= 15 is 0 Å². The zero-order valence-corrected chi connectivity index (χ0v) is 16.3. The highest BCUT2D eigenvalue weighted by atomic mass is 79.9. The lowest BCUT2D eigenvalue weighted by Crippen LogP contribution is -2.22. The Labute approximate surface area is 170 Å². The van der Waals surface area contributed by atoms with Crippen molar-refractivity contribution in [1.82, 2.24) is 0 Å². The van der Waals surface area contributed by atoms with E-state index in [0.29, 0.717) is 11.3 Å². The van der Waals surface area contributed by atoms with Crippen molar-refractivity contribution in [2.75, 3.05) is 11.9 Å². The van der Waals surface area contributed by atoms with Crippen LogP contribution in [0.5, 0.6) is 0 Å². The van der Waals surface area contributed by atoms with Gasteiger partial charge in [-0.25, -0.2) is 4.79 Å². The Bertz CT molecular complexity index is 1000. The number of anilines is 1. The van der Waals surface area contributed by atoms with Gasteiger partial charge in [0.1, 0.15) is 0 Å². The van der Waals surface area contributed by atoms with Crippen LogP contribution in [0.1, 0.15) is 26.3 Å². The second-order valence-corrected chi connectivity index (χ2v) is 6.79. The normalized spacial score (nSPS) is 10.2. The minimum atomic E-state index is -0.731. The van der Waals surface area contributed by atoms with Crippen LogP contribution in [0.15, 0.2) is 83.3 Å². The number of hydrogen-bond donors (Lipinski definition) is 1. The van der Waals surface area contributed by atoms with Gasteiger partial charge in [-0.2, -0.15) is 0 Å². The highest BCUT2D eigenvalue weighted by Crippen LogP contribution is 2.16. The van der Waals surface area contributed by atoms with Gasteiger partial charge in [-0.3, -0.25) is 9.59 Å². The Hall–Kier alpha value is -3.25. The number of nitrogens with one attached hydrogen (secondary N) is 1. The molecule has 3 rings (SSSR count). The van der Waals surface area contributed by atoms with Gasteiger partial charge >= 0.3 is 5.97 Å². The second-order valence-electron chi connectivity index (χ2n) is 5.87. The molecule has 5 nitrogen and oxygen atoms in total. The highest BCUT2D eigenvalue weighted by Gasteiger charge is 2.19. The number of halogens is 1. The molecule has 1 amide bonds. The minimum Gasteiger partial charge on any atom is -0.452 e. The van der Waals surface area contributed by atoms with E-state index in [0.717, 1.165) is 4.47 Å². The van der Waals surface area contributed by atoms with Gasteiger partial charge in [-0.1, -0.05) is 64.5 Å². The fraction of sp³-hybridized carbons (Fsp3) is 0.0455. The predicted octanol–water partition coefficient (Wildman–Crippen LogP) is 4.48. The Morgan fingerprint density at radius 1 is 0.786 bits per heavy atom. The molecule has 0 unspecified atom stereocenters. The van der Waals surface area contributed by atoms with Crippen molar-refractivity contribution < 1.29 is 19.1 Å².